The van der Waals surface area contributed by atoms with Crippen molar-refractivity contribution in [2.24, 2.45) is 0 Å². The maximum absolute atomic E-state index is 13.6. The molecular weight excluding hydrogens is 482 g/mol. The van der Waals surface area contributed by atoms with E-state index in [2.05, 4.69) is 15.9 Å². The van der Waals surface area contributed by atoms with Crippen LogP contribution in [0.4, 0.5) is 0 Å². The molecule has 0 unspecified atom stereocenters. The van der Waals surface area contributed by atoms with Gasteiger partial charge in [-0.25, -0.2) is 8.42 Å². The van der Waals surface area contributed by atoms with E-state index in [1.807, 2.05) is 38.1 Å². The Morgan fingerprint density at radius 2 is 1.74 bits per heavy atom. The summed E-state index contributed by atoms with van der Waals surface area (Å²) < 4.78 is 31.2. The highest BCUT2D eigenvalue weighted by Gasteiger charge is 2.48. The fraction of sp³-hybridized carbons (Fsp3) is 0.304. The van der Waals surface area contributed by atoms with E-state index >= 15 is 0 Å². The van der Waals surface area contributed by atoms with Gasteiger partial charge < -0.3 is 9.32 Å². The molecule has 3 aromatic rings. The van der Waals surface area contributed by atoms with Gasteiger partial charge in [0.05, 0.1) is 28.5 Å². The van der Waals surface area contributed by atoms with Crippen LogP contribution in [0.15, 0.2) is 50.1 Å². The zero-order chi connectivity index (χ0) is 22.1. The highest BCUT2D eigenvalue weighted by atomic mass is 79.9. The van der Waals surface area contributed by atoms with E-state index < -0.39 is 27.8 Å². The van der Waals surface area contributed by atoms with Gasteiger partial charge in [-0.05, 0) is 61.2 Å². The topological polar surface area (TPSA) is 84.7 Å². The van der Waals surface area contributed by atoms with Gasteiger partial charge in [-0.1, -0.05) is 28.1 Å². The van der Waals surface area contributed by atoms with Crippen molar-refractivity contribution in [1.82, 2.24) is 4.90 Å². The molecule has 2 aliphatic rings. The molecule has 1 saturated heterocycles. The predicted molar refractivity (Wildman–Crippen MR) is 121 cm³/mol. The minimum absolute atomic E-state index is 0.0120. The third-order valence-electron chi connectivity index (χ3n) is 6.31. The van der Waals surface area contributed by atoms with Crippen LogP contribution in [0.25, 0.3) is 11.0 Å². The Balaban J connectivity index is 1.77. The lowest BCUT2D eigenvalue weighted by atomic mass is 9.97. The molecule has 0 radical (unpaired) electrons. The Bertz CT molecular complexity index is 1410. The van der Waals surface area contributed by atoms with E-state index in [0.29, 0.717) is 17.4 Å². The third kappa shape index (κ3) is 3.24. The number of fused-ring (bicyclic) bond motifs is 2. The zero-order valence-electron chi connectivity index (χ0n) is 17.0. The van der Waals surface area contributed by atoms with Crippen molar-refractivity contribution in [1.29, 1.82) is 0 Å². The van der Waals surface area contributed by atoms with Gasteiger partial charge >= 0.3 is 0 Å². The molecule has 1 aromatic heterocycles. The second-order valence-corrected chi connectivity index (χ2v) is 11.5. The van der Waals surface area contributed by atoms with Crippen LogP contribution in [0, 0.1) is 13.8 Å². The van der Waals surface area contributed by atoms with Gasteiger partial charge in [-0.2, -0.15) is 0 Å². The number of carbonyl (C=O) groups is 1. The molecule has 1 amide bonds. The lowest BCUT2D eigenvalue weighted by Crippen LogP contribution is -2.40. The lowest BCUT2D eigenvalue weighted by molar-refractivity contribution is 0.0662. The molecule has 6 nitrogen and oxygen atoms in total. The summed E-state index contributed by atoms with van der Waals surface area (Å²) in [7, 11) is -3.23. The summed E-state index contributed by atoms with van der Waals surface area (Å²) in [5.74, 6) is -0.488. The SMILES string of the molecule is Cc1cc2oc3c(c(=O)c2cc1C)[C@@H](c1ccc(Br)cc1)N([C@@H]1CCS(=O)(=O)C1)C3=O. The number of halogens is 1. The van der Waals surface area contributed by atoms with Crippen molar-refractivity contribution in [2.45, 2.75) is 32.4 Å². The monoisotopic (exact) mass is 501 g/mol. The molecule has 0 N–H and O–H groups in total. The summed E-state index contributed by atoms with van der Waals surface area (Å²) >= 11 is 3.42. The van der Waals surface area contributed by atoms with Gasteiger partial charge in [-0.3, -0.25) is 9.59 Å². The maximum atomic E-state index is 13.6. The third-order valence-corrected chi connectivity index (χ3v) is 8.59. The first kappa shape index (κ1) is 20.5. The quantitative estimate of drug-likeness (QED) is 0.531. The van der Waals surface area contributed by atoms with E-state index in [9.17, 15) is 18.0 Å². The van der Waals surface area contributed by atoms with E-state index in [-0.39, 0.29) is 28.3 Å². The Morgan fingerprint density at radius 1 is 1.06 bits per heavy atom. The number of aryl methyl sites for hydroxylation is 2. The van der Waals surface area contributed by atoms with Crippen LogP contribution in [-0.4, -0.2) is 36.8 Å². The molecule has 2 atom stereocenters. The smallest absolute Gasteiger partial charge is 0.291 e. The van der Waals surface area contributed by atoms with Gasteiger partial charge in [-0.15, -0.1) is 0 Å². The Kier molecular flexibility index (Phi) is 4.64. The fourth-order valence-electron chi connectivity index (χ4n) is 4.59. The van der Waals surface area contributed by atoms with E-state index in [1.165, 1.54) is 0 Å². The Morgan fingerprint density at radius 3 is 2.39 bits per heavy atom. The zero-order valence-corrected chi connectivity index (χ0v) is 19.4. The van der Waals surface area contributed by atoms with Crippen LogP contribution in [0.5, 0.6) is 0 Å². The van der Waals surface area contributed by atoms with Gasteiger partial charge in [0.2, 0.25) is 5.76 Å². The van der Waals surface area contributed by atoms with Crippen molar-refractivity contribution in [3.05, 3.63) is 79.1 Å². The highest BCUT2D eigenvalue weighted by molar-refractivity contribution is 9.10. The number of sulfone groups is 1. The molecule has 3 heterocycles. The molecule has 160 valence electrons. The molecule has 0 saturated carbocycles. The molecule has 2 aromatic carbocycles. The van der Waals surface area contributed by atoms with Gasteiger partial charge in [0.15, 0.2) is 15.3 Å². The molecule has 31 heavy (non-hydrogen) atoms. The standard InChI is InChI=1S/C23H20BrNO5S/c1-12-9-17-18(10-13(12)2)30-22-19(21(17)26)20(14-3-5-15(24)6-4-14)25(23(22)27)16-7-8-31(28,29)11-16/h3-6,9-10,16,20H,7-8,11H2,1-2H3/t16-,20-/m1/s1. The number of hydrogen-bond acceptors (Lipinski definition) is 5. The number of hydrogen-bond donors (Lipinski definition) is 0. The van der Waals surface area contributed by atoms with Crippen LogP contribution in [0.2, 0.25) is 0 Å². The minimum Gasteiger partial charge on any atom is -0.450 e. The van der Waals surface area contributed by atoms with Gasteiger partial charge in [0.1, 0.15) is 5.58 Å². The largest absolute Gasteiger partial charge is 0.450 e. The molecule has 0 bridgehead atoms. The summed E-state index contributed by atoms with van der Waals surface area (Å²) in [6.07, 6.45) is 0.348. The van der Waals surface area contributed by atoms with Crippen LogP contribution >= 0.6 is 15.9 Å². The molecule has 1 fully saturated rings. The normalized spacial score (nSPS) is 22.3. The first-order valence-electron chi connectivity index (χ1n) is 10.0. The summed E-state index contributed by atoms with van der Waals surface area (Å²) in [6, 6.07) is 9.76. The molecule has 0 aliphatic carbocycles. The maximum Gasteiger partial charge on any atom is 0.291 e. The molecule has 0 spiro atoms. The Labute approximate surface area is 187 Å². The van der Waals surface area contributed by atoms with Gasteiger partial charge in [0, 0.05) is 10.5 Å². The predicted octanol–water partition coefficient (Wildman–Crippen LogP) is 3.90. The van der Waals surface area contributed by atoms with Crippen molar-refractivity contribution < 1.29 is 17.6 Å². The van der Waals surface area contributed by atoms with Crippen molar-refractivity contribution in [2.75, 3.05) is 11.5 Å². The van der Waals surface area contributed by atoms with E-state index in [1.54, 1.807) is 17.0 Å². The highest BCUT2D eigenvalue weighted by Crippen LogP contribution is 2.41. The molecular formula is C23H20BrNO5S. The molecule has 2 aliphatic heterocycles. The van der Waals surface area contributed by atoms with Crippen molar-refractivity contribution >= 4 is 42.6 Å². The van der Waals surface area contributed by atoms with Crippen LogP contribution in [-0.2, 0) is 9.84 Å². The van der Waals surface area contributed by atoms with Crippen LogP contribution < -0.4 is 5.43 Å². The van der Waals surface area contributed by atoms with E-state index in [4.69, 9.17) is 4.42 Å². The summed E-state index contributed by atoms with van der Waals surface area (Å²) in [6.45, 7) is 3.85. The van der Waals surface area contributed by atoms with Crippen LogP contribution in [0.1, 0.15) is 45.3 Å². The summed E-state index contributed by atoms with van der Waals surface area (Å²) in [5, 5.41) is 0.428. The second-order valence-electron chi connectivity index (χ2n) is 8.33. The number of benzene rings is 2. The van der Waals surface area contributed by atoms with Crippen LogP contribution in [0.3, 0.4) is 0 Å². The molecule has 8 heteroatoms. The first-order valence-corrected chi connectivity index (χ1v) is 12.6. The number of carbonyl (C=O) groups excluding carboxylic acids is 1. The Hall–Kier alpha value is -2.45. The molecule has 5 rings (SSSR count). The lowest BCUT2D eigenvalue weighted by Gasteiger charge is -2.30. The minimum atomic E-state index is -3.23. The average molecular weight is 502 g/mol. The van der Waals surface area contributed by atoms with Crippen molar-refractivity contribution in [3.8, 4) is 0 Å². The fourth-order valence-corrected chi connectivity index (χ4v) is 6.56. The number of rotatable bonds is 2. The number of amides is 1. The number of nitrogens with zero attached hydrogens (tertiary/aromatic N) is 1. The van der Waals surface area contributed by atoms with Gasteiger partial charge in [0.25, 0.3) is 5.91 Å². The first-order chi connectivity index (χ1) is 14.7. The summed E-state index contributed by atoms with van der Waals surface area (Å²) in [5.41, 5.74) is 3.08. The van der Waals surface area contributed by atoms with E-state index in [0.717, 1.165) is 21.2 Å². The summed E-state index contributed by atoms with van der Waals surface area (Å²) in [4.78, 5) is 28.6. The van der Waals surface area contributed by atoms with Crippen molar-refractivity contribution in [3.63, 3.8) is 0 Å². The second kappa shape index (κ2) is 7.03. The average Bonchev–Trinajstić information content (AvgIpc) is 3.21.